The highest BCUT2D eigenvalue weighted by atomic mass is 16.6. The fraction of sp³-hybridized carbons (Fsp3) is 0.860. The molecule has 0 heterocycles. The first-order valence-corrected chi connectivity index (χ1v) is 27.8. The van der Waals surface area contributed by atoms with Crippen LogP contribution in [0.4, 0.5) is 0 Å². The molecule has 0 bridgehead atoms. The van der Waals surface area contributed by atoms with Crippen molar-refractivity contribution >= 4 is 23.9 Å². The summed E-state index contributed by atoms with van der Waals surface area (Å²) in [6.07, 6.45) is 46.7. The molecule has 1 aliphatic carbocycles. The molecule has 1 aliphatic rings. The second-order valence-corrected chi connectivity index (χ2v) is 19.8. The summed E-state index contributed by atoms with van der Waals surface area (Å²) in [5.74, 6) is -1.04. The van der Waals surface area contributed by atoms with Crippen LogP contribution in [0.15, 0.2) is 24.3 Å². The van der Waals surface area contributed by atoms with Gasteiger partial charge in [-0.2, -0.15) is 0 Å². The van der Waals surface area contributed by atoms with E-state index in [9.17, 15) is 19.2 Å². The zero-order valence-electron chi connectivity index (χ0n) is 43.6. The predicted octanol–water partition coefficient (Wildman–Crippen LogP) is 15.3. The molecule has 0 aliphatic heterocycles. The normalized spacial score (nSPS) is 16.7. The molecule has 0 aromatic carbocycles. The van der Waals surface area contributed by atoms with Crippen LogP contribution in [-0.2, 0) is 38.1 Å². The zero-order valence-corrected chi connectivity index (χ0v) is 43.6. The van der Waals surface area contributed by atoms with E-state index in [-0.39, 0.29) is 67.9 Å². The molecule has 1 rings (SSSR count). The molecule has 1 fully saturated rings. The molecule has 1 saturated carbocycles. The molecular formula is C57H103NO8. The summed E-state index contributed by atoms with van der Waals surface area (Å²) < 4.78 is 23.2. The van der Waals surface area contributed by atoms with E-state index in [0.717, 1.165) is 122 Å². The Balaban J connectivity index is 2.57. The number of allylic oxidation sites excluding steroid dienone is 4. The third-order valence-electron chi connectivity index (χ3n) is 13.2. The first kappa shape index (κ1) is 61.3. The Bertz CT molecular complexity index is 1230. The number of carbonyl (C=O) groups is 4. The van der Waals surface area contributed by atoms with Crippen molar-refractivity contribution in [2.24, 2.45) is 11.8 Å². The molecular weight excluding hydrogens is 827 g/mol. The van der Waals surface area contributed by atoms with E-state index in [2.05, 4.69) is 50.0 Å². The molecule has 9 nitrogen and oxygen atoms in total. The average molecular weight is 930 g/mol. The van der Waals surface area contributed by atoms with Crippen molar-refractivity contribution in [3.8, 4) is 0 Å². The first-order chi connectivity index (χ1) is 32.2. The summed E-state index contributed by atoms with van der Waals surface area (Å²) >= 11 is 0. The van der Waals surface area contributed by atoms with Crippen molar-refractivity contribution in [1.82, 2.24) is 4.90 Å². The van der Waals surface area contributed by atoms with Crippen LogP contribution in [0.1, 0.15) is 258 Å². The Morgan fingerprint density at radius 1 is 0.485 bits per heavy atom. The highest BCUT2D eigenvalue weighted by molar-refractivity contribution is 5.71. The molecule has 66 heavy (non-hydrogen) atoms. The number of unbranched alkanes of at least 4 members (excludes halogenated alkanes) is 24. The van der Waals surface area contributed by atoms with Gasteiger partial charge in [0.2, 0.25) is 0 Å². The SMILES string of the molecule is CCCCCCCC/C=C\CCCCCCCC(=O)OCC(COC(=O)CC1CCC(OC(=O)CCCN(C)C)C1CCCCC)OC(=O)CCCCCCC/C=C\CCCCCCCC. The lowest BCUT2D eigenvalue weighted by atomic mass is 9.87. The van der Waals surface area contributed by atoms with Gasteiger partial charge in [-0.25, -0.2) is 0 Å². The molecule has 4 atom stereocenters. The lowest BCUT2D eigenvalue weighted by Gasteiger charge is -2.25. The maximum Gasteiger partial charge on any atom is 0.306 e. The summed E-state index contributed by atoms with van der Waals surface area (Å²) in [6, 6.07) is 0. The molecule has 0 aromatic rings. The molecule has 4 unspecified atom stereocenters. The average Bonchev–Trinajstić information content (AvgIpc) is 3.66. The van der Waals surface area contributed by atoms with E-state index < -0.39 is 6.10 Å². The van der Waals surface area contributed by atoms with Crippen LogP contribution >= 0.6 is 0 Å². The Morgan fingerprint density at radius 3 is 1.41 bits per heavy atom. The van der Waals surface area contributed by atoms with E-state index >= 15 is 0 Å². The largest absolute Gasteiger partial charge is 0.462 e. The molecule has 9 heteroatoms. The summed E-state index contributed by atoms with van der Waals surface area (Å²) in [5, 5.41) is 0. The third-order valence-corrected chi connectivity index (χ3v) is 13.2. The number of carbonyl (C=O) groups excluding carboxylic acids is 4. The Labute approximate surface area is 406 Å². The quantitative estimate of drug-likeness (QED) is 0.0255. The molecule has 0 radical (unpaired) electrons. The van der Waals surface area contributed by atoms with Gasteiger partial charge in [0, 0.05) is 25.7 Å². The van der Waals surface area contributed by atoms with E-state index in [0.29, 0.717) is 12.8 Å². The van der Waals surface area contributed by atoms with Gasteiger partial charge < -0.3 is 23.8 Å². The second kappa shape index (κ2) is 44.8. The second-order valence-electron chi connectivity index (χ2n) is 19.8. The van der Waals surface area contributed by atoms with Crippen LogP contribution in [0.5, 0.6) is 0 Å². The fourth-order valence-corrected chi connectivity index (χ4v) is 9.09. The van der Waals surface area contributed by atoms with Gasteiger partial charge in [-0.05, 0) is 122 Å². The molecule has 0 aromatic heterocycles. The lowest BCUT2D eigenvalue weighted by molar-refractivity contribution is -0.167. The van der Waals surface area contributed by atoms with Crippen molar-refractivity contribution < 1.29 is 38.1 Å². The fourth-order valence-electron chi connectivity index (χ4n) is 9.09. The zero-order chi connectivity index (χ0) is 48.1. The van der Waals surface area contributed by atoms with Crippen molar-refractivity contribution in [3.63, 3.8) is 0 Å². The van der Waals surface area contributed by atoms with Crippen molar-refractivity contribution in [1.29, 1.82) is 0 Å². The Morgan fingerprint density at radius 2 is 0.909 bits per heavy atom. The van der Waals surface area contributed by atoms with Gasteiger partial charge in [-0.15, -0.1) is 0 Å². The highest BCUT2D eigenvalue weighted by Gasteiger charge is 2.39. The summed E-state index contributed by atoms with van der Waals surface area (Å²) in [7, 11) is 3.99. The smallest absolute Gasteiger partial charge is 0.306 e. The van der Waals surface area contributed by atoms with Gasteiger partial charge in [-0.3, -0.25) is 19.2 Å². The van der Waals surface area contributed by atoms with Gasteiger partial charge in [0.1, 0.15) is 19.3 Å². The maximum atomic E-state index is 13.3. The molecule has 0 spiro atoms. The summed E-state index contributed by atoms with van der Waals surface area (Å²) in [4.78, 5) is 53.9. The minimum atomic E-state index is -0.859. The maximum absolute atomic E-state index is 13.3. The number of ether oxygens (including phenoxy) is 4. The predicted molar refractivity (Wildman–Crippen MR) is 273 cm³/mol. The van der Waals surface area contributed by atoms with Gasteiger partial charge >= 0.3 is 23.9 Å². The van der Waals surface area contributed by atoms with Crippen LogP contribution in [0.25, 0.3) is 0 Å². The highest BCUT2D eigenvalue weighted by Crippen LogP contribution is 2.40. The van der Waals surface area contributed by atoms with Crippen LogP contribution in [0.3, 0.4) is 0 Å². The van der Waals surface area contributed by atoms with Gasteiger partial charge in [0.15, 0.2) is 6.10 Å². The van der Waals surface area contributed by atoms with E-state index in [1.165, 1.54) is 96.3 Å². The minimum absolute atomic E-state index is 0.0558. The van der Waals surface area contributed by atoms with E-state index in [1.807, 2.05) is 14.1 Å². The standard InChI is InChI=1S/C57H103NO8/c1-6-9-12-14-16-18-20-22-24-26-28-30-32-34-37-41-54(59)63-48-51(65-55(60)42-38-35-33-31-29-27-25-23-21-19-17-15-13-10-7-2)49-64-57(62)47-50-44-45-53(52(50)40-36-11-8-3)66-56(61)43-39-46-58(4)5/h22-25,50-53H,6-21,26-49H2,1-5H3/b24-22-,25-23-. The third kappa shape index (κ3) is 37.3. The number of rotatable bonds is 46. The van der Waals surface area contributed by atoms with Crippen LogP contribution in [0.2, 0.25) is 0 Å². The first-order valence-electron chi connectivity index (χ1n) is 27.8. The lowest BCUT2D eigenvalue weighted by Crippen LogP contribution is -2.31. The monoisotopic (exact) mass is 930 g/mol. The molecule has 0 N–H and O–H groups in total. The van der Waals surface area contributed by atoms with Crippen LogP contribution in [0, 0.1) is 11.8 Å². The van der Waals surface area contributed by atoms with Crippen LogP contribution in [-0.4, -0.2) is 74.8 Å². The Hall–Kier alpha value is -2.68. The number of hydrogen-bond acceptors (Lipinski definition) is 9. The number of esters is 4. The van der Waals surface area contributed by atoms with Gasteiger partial charge in [-0.1, -0.05) is 167 Å². The topological polar surface area (TPSA) is 108 Å². The van der Waals surface area contributed by atoms with Gasteiger partial charge in [0.25, 0.3) is 0 Å². The van der Waals surface area contributed by atoms with Crippen molar-refractivity contribution in [2.45, 2.75) is 271 Å². The van der Waals surface area contributed by atoms with Crippen molar-refractivity contribution in [2.75, 3.05) is 33.9 Å². The van der Waals surface area contributed by atoms with E-state index in [4.69, 9.17) is 18.9 Å². The minimum Gasteiger partial charge on any atom is -0.462 e. The molecule has 384 valence electrons. The van der Waals surface area contributed by atoms with E-state index in [1.54, 1.807) is 0 Å². The molecule has 0 saturated heterocycles. The number of nitrogens with zero attached hydrogens (tertiary/aromatic N) is 1. The summed E-state index contributed by atoms with van der Waals surface area (Å²) in [6.45, 7) is 7.23. The Kier molecular flexibility index (Phi) is 41.6. The summed E-state index contributed by atoms with van der Waals surface area (Å²) in [5.41, 5.74) is 0. The molecule has 0 amide bonds. The number of hydrogen-bond donors (Lipinski definition) is 0. The van der Waals surface area contributed by atoms with Crippen LogP contribution < -0.4 is 0 Å². The van der Waals surface area contributed by atoms with Gasteiger partial charge in [0.05, 0.1) is 0 Å². The van der Waals surface area contributed by atoms with Crippen molar-refractivity contribution in [3.05, 3.63) is 24.3 Å².